The molecule has 0 aliphatic carbocycles. The minimum absolute atomic E-state index is 0.268. The lowest BCUT2D eigenvalue weighted by Gasteiger charge is -2.20. The van der Waals surface area contributed by atoms with Crippen LogP contribution < -0.4 is 11.3 Å². The Balaban J connectivity index is 1.95. The van der Waals surface area contributed by atoms with Crippen molar-refractivity contribution in [1.82, 2.24) is 25.6 Å². The summed E-state index contributed by atoms with van der Waals surface area (Å²) >= 11 is 1.98. The van der Waals surface area contributed by atoms with Crippen LogP contribution in [0.3, 0.4) is 0 Å². The van der Waals surface area contributed by atoms with E-state index in [1.165, 1.54) is 22.7 Å². The normalized spacial score (nSPS) is 23.2. The van der Waals surface area contributed by atoms with E-state index in [1.54, 1.807) is 7.05 Å². The molecule has 1 aliphatic rings. The van der Waals surface area contributed by atoms with Gasteiger partial charge in [-0.05, 0) is 29.1 Å². The molecule has 2 unspecified atom stereocenters. The molecule has 1 saturated heterocycles. The summed E-state index contributed by atoms with van der Waals surface area (Å²) in [4.78, 5) is 1.48. The van der Waals surface area contributed by atoms with E-state index in [9.17, 15) is 0 Å². The minimum atomic E-state index is 0.268. The quantitative estimate of drug-likeness (QED) is 0.526. The van der Waals surface area contributed by atoms with Gasteiger partial charge in [-0.25, -0.2) is 0 Å². The van der Waals surface area contributed by atoms with E-state index < -0.39 is 0 Å². The summed E-state index contributed by atoms with van der Waals surface area (Å²) in [6, 6.07) is 0.268. The molecule has 3 N–H and O–H groups in total. The first-order chi connectivity index (χ1) is 7.29. The van der Waals surface area contributed by atoms with Gasteiger partial charge in [-0.3, -0.25) is 11.3 Å². The Kier molecular flexibility index (Phi) is 3.55. The van der Waals surface area contributed by atoms with Gasteiger partial charge in [0.1, 0.15) is 0 Å². The molecular formula is C8H16N6S. The number of rotatable bonds is 4. The maximum Gasteiger partial charge on any atom is 0.176 e. The average molecular weight is 228 g/mol. The molecule has 15 heavy (non-hydrogen) atoms. The number of nitrogens with two attached hydrogens (primary N) is 1. The number of aromatic nitrogens is 4. The second kappa shape index (κ2) is 4.91. The fourth-order valence-corrected chi connectivity index (χ4v) is 3.17. The Morgan fingerprint density at radius 2 is 2.60 bits per heavy atom. The van der Waals surface area contributed by atoms with Gasteiger partial charge in [-0.1, -0.05) is 0 Å². The zero-order chi connectivity index (χ0) is 10.7. The van der Waals surface area contributed by atoms with Gasteiger partial charge in [-0.2, -0.15) is 16.6 Å². The van der Waals surface area contributed by atoms with Gasteiger partial charge in [0.25, 0.3) is 0 Å². The Morgan fingerprint density at radius 3 is 3.13 bits per heavy atom. The van der Waals surface area contributed by atoms with Gasteiger partial charge >= 0.3 is 0 Å². The van der Waals surface area contributed by atoms with Crippen molar-refractivity contribution in [3.63, 3.8) is 0 Å². The number of thioether (sulfide) groups is 1. The summed E-state index contributed by atoms with van der Waals surface area (Å²) < 4.78 is 0. The fourth-order valence-electron chi connectivity index (χ4n) is 1.83. The third-order valence-electron chi connectivity index (χ3n) is 2.70. The molecule has 2 heterocycles. The Labute approximate surface area is 92.9 Å². The highest BCUT2D eigenvalue weighted by atomic mass is 32.2. The summed E-state index contributed by atoms with van der Waals surface area (Å²) in [5.41, 5.74) is 2.87. The van der Waals surface area contributed by atoms with Gasteiger partial charge in [0.05, 0.1) is 7.05 Å². The number of nitrogens with one attached hydrogen (secondary N) is 1. The van der Waals surface area contributed by atoms with Crippen LogP contribution in [0.15, 0.2) is 0 Å². The summed E-state index contributed by atoms with van der Waals surface area (Å²) in [6.45, 7) is 0. The molecule has 1 aliphatic heterocycles. The first kappa shape index (κ1) is 10.8. The van der Waals surface area contributed by atoms with Gasteiger partial charge in [-0.15, -0.1) is 10.2 Å². The second-order valence-corrected chi connectivity index (χ2v) is 4.95. The SMILES string of the molecule is Cn1nnc(CC(NN)C2CCSC2)n1. The standard InChI is InChI=1S/C8H16N6S/c1-14-12-8(11-13-14)4-7(10-9)6-2-3-15-5-6/h6-7,10H,2-5,9H2,1H3. The van der Waals surface area contributed by atoms with E-state index in [1.807, 2.05) is 11.8 Å². The molecule has 6 nitrogen and oxygen atoms in total. The zero-order valence-electron chi connectivity index (χ0n) is 8.76. The Hall–Kier alpha value is -0.660. The lowest BCUT2D eigenvalue weighted by molar-refractivity contribution is 0.380. The van der Waals surface area contributed by atoms with Crippen LogP contribution in [0.5, 0.6) is 0 Å². The van der Waals surface area contributed by atoms with Crippen LogP contribution in [-0.2, 0) is 13.5 Å². The second-order valence-electron chi connectivity index (χ2n) is 3.80. The third kappa shape index (κ3) is 2.67. The van der Waals surface area contributed by atoms with Crippen LogP contribution in [0, 0.1) is 5.92 Å². The summed E-state index contributed by atoms with van der Waals surface area (Å²) in [7, 11) is 1.77. The van der Waals surface area contributed by atoms with Crippen molar-refractivity contribution in [1.29, 1.82) is 0 Å². The van der Waals surface area contributed by atoms with Crippen molar-refractivity contribution in [3.8, 4) is 0 Å². The largest absolute Gasteiger partial charge is 0.271 e. The topological polar surface area (TPSA) is 81.7 Å². The highest BCUT2D eigenvalue weighted by Crippen LogP contribution is 2.26. The molecule has 0 spiro atoms. The van der Waals surface area contributed by atoms with Crippen LogP contribution >= 0.6 is 11.8 Å². The first-order valence-electron chi connectivity index (χ1n) is 5.06. The van der Waals surface area contributed by atoms with Crippen molar-refractivity contribution < 1.29 is 0 Å². The number of hydrazine groups is 1. The van der Waals surface area contributed by atoms with Crippen LogP contribution in [0.2, 0.25) is 0 Å². The van der Waals surface area contributed by atoms with E-state index in [2.05, 4.69) is 20.8 Å². The maximum absolute atomic E-state index is 5.57. The minimum Gasteiger partial charge on any atom is -0.271 e. The summed E-state index contributed by atoms with van der Waals surface area (Å²) in [5.74, 6) is 9.36. The summed E-state index contributed by atoms with van der Waals surface area (Å²) in [6.07, 6.45) is 1.98. The van der Waals surface area contributed by atoms with Crippen LogP contribution in [0.4, 0.5) is 0 Å². The molecule has 2 atom stereocenters. The fraction of sp³-hybridized carbons (Fsp3) is 0.875. The molecule has 0 aromatic carbocycles. The van der Waals surface area contributed by atoms with Crippen molar-refractivity contribution in [2.75, 3.05) is 11.5 Å². The molecule has 0 saturated carbocycles. The number of nitrogens with zero attached hydrogens (tertiary/aromatic N) is 4. The number of tetrazole rings is 1. The molecule has 0 radical (unpaired) electrons. The number of aryl methyl sites for hydroxylation is 1. The van der Waals surface area contributed by atoms with E-state index in [-0.39, 0.29) is 6.04 Å². The van der Waals surface area contributed by atoms with E-state index in [4.69, 9.17) is 5.84 Å². The molecule has 2 rings (SSSR count). The molecule has 0 amide bonds. The Bertz CT molecular complexity index is 308. The molecular weight excluding hydrogens is 212 g/mol. The Morgan fingerprint density at radius 1 is 1.73 bits per heavy atom. The number of hydrogen-bond acceptors (Lipinski definition) is 6. The van der Waals surface area contributed by atoms with Crippen molar-refractivity contribution >= 4 is 11.8 Å². The molecule has 7 heteroatoms. The smallest absolute Gasteiger partial charge is 0.176 e. The highest BCUT2D eigenvalue weighted by Gasteiger charge is 2.25. The lowest BCUT2D eigenvalue weighted by atomic mass is 9.97. The van der Waals surface area contributed by atoms with Gasteiger partial charge in [0.15, 0.2) is 5.82 Å². The predicted octanol–water partition coefficient (Wildman–Crippen LogP) is -0.662. The number of hydrogen-bond donors (Lipinski definition) is 2. The van der Waals surface area contributed by atoms with Crippen LogP contribution in [-0.4, -0.2) is 37.8 Å². The van der Waals surface area contributed by atoms with Gasteiger partial charge in [0, 0.05) is 12.5 Å². The van der Waals surface area contributed by atoms with E-state index in [0.29, 0.717) is 5.92 Å². The van der Waals surface area contributed by atoms with Crippen molar-refractivity contribution in [2.24, 2.45) is 18.8 Å². The molecule has 0 bridgehead atoms. The zero-order valence-corrected chi connectivity index (χ0v) is 9.57. The molecule has 1 aromatic heterocycles. The van der Waals surface area contributed by atoms with Crippen molar-refractivity contribution in [2.45, 2.75) is 18.9 Å². The van der Waals surface area contributed by atoms with Crippen LogP contribution in [0.25, 0.3) is 0 Å². The predicted molar refractivity (Wildman–Crippen MR) is 59.0 cm³/mol. The molecule has 1 aromatic rings. The van der Waals surface area contributed by atoms with Gasteiger partial charge < -0.3 is 0 Å². The summed E-state index contributed by atoms with van der Waals surface area (Å²) in [5, 5.41) is 11.9. The average Bonchev–Trinajstić information content (AvgIpc) is 2.85. The third-order valence-corrected chi connectivity index (χ3v) is 3.89. The highest BCUT2D eigenvalue weighted by molar-refractivity contribution is 7.99. The van der Waals surface area contributed by atoms with E-state index >= 15 is 0 Å². The molecule has 1 fully saturated rings. The van der Waals surface area contributed by atoms with Crippen LogP contribution in [0.1, 0.15) is 12.2 Å². The van der Waals surface area contributed by atoms with E-state index in [0.717, 1.165) is 12.2 Å². The van der Waals surface area contributed by atoms with Gasteiger partial charge in [0.2, 0.25) is 0 Å². The van der Waals surface area contributed by atoms with Crippen molar-refractivity contribution in [3.05, 3.63) is 5.82 Å². The maximum atomic E-state index is 5.57. The molecule has 84 valence electrons. The lowest BCUT2D eigenvalue weighted by Crippen LogP contribution is -2.42. The first-order valence-corrected chi connectivity index (χ1v) is 6.22. The monoisotopic (exact) mass is 228 g/mol.